The fourth-order valence-electron chi connectivity index (χ4n) is 3.42. The molecule has 3 aromatic rings. The zero-order valence-electron chi connectivity index (χ0n) is 15.6. The standard InChI is InChI=1S/C20H20FN5OS/c1-12-10-26-11-16(23-9-18(26)24-12)17(27)8-13-3-4-15(21)14(7-13)20(2)5-6-28-19(22)25-20/h3-4,7,9-11H,5-6,8H2,1-2H3,(H2,22,25)/t20-/m0/s1. The van der Waals surface area contributed by atoms with Crippen LogP contribution in [0.3, 0.4) is 0 Å². The lowest BCUT2D eigenvalue weighted by Crippen LogP contribution is -2.29. The summed E-state index contributed by atoms with van der Waals surface area (Å²) in [5, 5.41) is 0.461. The fraction of sp³-hybridized carbons (Fsp3) is 0.300. The lowest BCUT2D eigenvalue weighted by molar-refractivity contribution is 0.0987. The van der Waals surface area contributed by atoms with Crippen molar-refractivity contribution in [3.05, 3.63) is 65.1 Å². The molecule has 28 heavy (non-hydrogen) atoms. The molecule has 1 aliphatic rings. The Morgan fingerprint density at radius 1 is 1.39 bits per heavy atom. The normalized spacial score (nSPS) is 19.6. The number of Topliss-reactive ketones (excluding diaryl/α,β-unsaturated/α-hetero) is 1. The van der Waals surface area contributed by atoms with E-state index in [0.29, 0.717) is 28.5 Å². The first-order chi connectivity index (χ1) is 13.3. The molecular formula is C20H20FN5OS. The average Bonchev–Trinajstić information content (AvgIpc) is 3.02. The molecule has 144 valence electrons. The van der Waals surface area contributed by atoms with Gasteiger partial charge in [-0.15, -0.1) is 0 Å². The van der Waals surface area contributed by atoms with E-state index in [1.165, 1.54) is 17.8 Å². The van der Waals surface area contributed by atoms with Gasteiger partial charge in [-0.1, -0.05) is 17.8 Å². The van der Waals surface area contributed by atoms with Crippen molar-refractivity contribution in [2.45, 2.75) is 32.2 Å². The molecule has 0 aliphatic carbocycles. The quantitative estimate of drug-likeness (QED) is 0.683. The molecule has 0 unspecified atom stereocenters. The van der Waals surface area contributed by atoms with Crippen LogP contribution in [0.1, 0.15) is 40.7 Å². The number of nitrogens with two attached hydrogens (primary N) is 1. The van der Waals surface area contributed by atoms with E-state index in [9.17, 15) is 9.18 Å². The number of carbonyl (C=O) groups is 1. The first kappa shape index (κ1) is 18.6. The second kappa shape index (κ2) is 7.01. The van der Waals surface area contributed by atoms with Crippen molar-refractivity contribution >= 4 is 28.4 Å². The average molecular weight is 397 g/mol. The molecule has 3 heterocycles. The highest BCUT2D eigenvalue weighted by Crippen LogP contribution is 2.36. The first-order valence-electron chi connectivity index (χ1n) is 8.96. The van der Waals surface area contributed by atoms with Crippen LogP contribution >= 0.6 is 11.8 Å². The number of nitrogens with zero attached hydrogens (tertiary/aromatic N) is 4. The van der Waals surface area contributed by atoms with Gasteiger partial charge in [-0.05, 0) is 38.0 Å². The van der Waals surface area contributed by atoms with Gasteiger partial charge in [-0.2, -0.15) is 0 Å². The van der Waals surface area contributed by atoms with Gasteiger partial charge in [0.2, 0.25) is 0 Å². The summed E-state index contributed by atoms with van der Waals surface area (Å²) in [5.74, 6) is 0.302. The molecule has 1 atom stereocenters. The smallest absolute Gasteiger partial charge is 0.187 e. The van der Waals surface area contributed by atoms with Crippen LogP contribution in [-0.2, 0) is 12.0 Å². The van der Waals surface area contributed by atoms with Crippen LogP contribution in [0.4, 0.5) is 4.39 Å². The summed E-state index contributed by atoms with van der Waals surface area (Å²) in [7, 11) is 0. The molecule has 0 spiro atoms. The maximum Gasteiger partial charge on any atom is 0.187 e. The van der Waals surface area contributed by atoms with Crippen molar-refractivity contribution in [3.63, 3.8) is 0 Å². The van der Waals surface area contributed by atoms with Crippen LogP contribution in [0.5, 0.6) is 0 Å². The summed E-state index contributed by atoms with van der Waals surface area (Å²) < 4.78 is 16.3. The van der Waals surface area contributed by atoms with Gasteiger partial charge in [0.05, 0.1) is 17.4 Å². The summed E-state index contributed by atoms with van der Waals surface area (Å²) in [6.45, 7) is 3.76. The predicted molar refractivity (Wildman–Crippen MR) is 108 cm³/mol. The van der Waals surface area contributed by atoms with Gasteiger partial charge in [-0.25, -0.2) is 14.4 Å². The third-order valence-corrected chi connectivity index (χ3v) is 5.71. The van der Waals surface area contributed by atoms with Gasteiger partial charge in [0.1, 0.15) is 11.5 Å². The van der Waals surface area contributed by atoms with Crippen LogP contribution in [0.2, 0.25) is 0 Å². The van der Waals surface area contributed by atoms with E-state index in [1.807, 2.05) is 20.0 Å². The van der Waals surface area contributed by atoms with E-state index in [0.717, 1.165) is 17.0 Å². The second-order valence-corrected chi connectivity index (χ2v) is 8.27. The Morgan fingerprint density at radius 3 is 3.00 bits per heavy atom. The zero-order valence-corrected chi connectivity index (χ0v) is 16.5. The SMILES string of the molecule is Cc1cn2cc(C(=O)Cc3ccc(F)c([C@]4(C)CCSC(N)=N4)c3)ncc2n1. The topological polar surface area (TPSA) is 85.6 Å². The molecule has 8 heteroatoms. The molecule has 1 aliphatic heterocycles. The highest BCUT2D eigenvalue weighted by atomic mass is 32.2. The van der Waals surface area contributed by atoms with Crippen molar-refractivity contribution < 1.29 is 9.18 Å². The summed E-state index contributed by atoms with van der Waals surface area (Å²) in [6, 6.07) is 4.75. The Morgan fingerprint density at radius 2 is 2.21 bits per heavy atom. The van der Waals surface area contributed by atoms with Crippen LogP contribution < -0.4 is 5.73 Å². The van der Waals surface area contributed by atoms with E-state index in [-0.39, 0.29) is 18.0 Å². The Kier molecular flexibility index (Phi) is 4.66. The number of fused-ring (bicyclic) bond motifs is 1. The largest absolute Gasteiger partial charge is 0.379 e. The van der Waals surface area contributed by atoms with Gasteiger partial charge < -0.3 is 10.1 Å². The molecule has 4 rings (SSSR count). The number of carbonyl (C=O) groups excluding carboxylic acids is 1. The predicted octanol–water partition coefficient (Wildman–Crippen LogP) is 3.27. The monoisotopic (exact) mass is 397 g/mol. The van der Waals surface area contributed by atoms with Crippen molar-refractivity contribution in [1.29, 1.82) is 0 Å². The van der Waals surface area contributed by atoms with Crippen LogP contribution in [0.15, 0.2) is 41.8 Å². The van der Waals surface area contributed by atoms with Gasteiger partial charge in [-0.3, -0.25) is 9.79 Å². The molecule has 0 amide bonds. The van der Waals surface area contributed by atoms with E-state index < -0.39 is 5.54 Å². The number of hydrogen-bond donors (Lipinski definition) is 1. The van der Waals surface area contributed by atoms with Gasteiger partial charge in [0, 0.05) is 30.1 Å². The number of amidine groups is 1. The highest BCUT2D eigenvalue weighted by molar-refractivity contribution is 8.13. The van der Waals surface area contributed by atoms with E-state index in [1.54, 1.807) is 28.9 Å². The van der Waals surface area contributed by atoms with Gasteiger partial charge in [0.15, 0.2) is 16.6 Å². The second-order valence-electron chi connectivity index (χ2n) is 7.16. The molecular weight excluding hydrogens is 377 g/mol. The summed E-state index contributed by atoms with van der Waals surface area (Å²) >= 11 is 1.47. The number of rotatable bonds is 4. The van der Waals surface area contributed by atoms with E-state index in [2.05, 4.69) is 15.0 Å². The fourth-order valence-corrected chi connectivity index (χ4v) is 4.40. The van der Waals surface area contributed by atoms with Crippen molar-refractivity contribution in [1.82, 2.24) is 14.4 Å². The summed E-state index contributed by atoms with van der Waals surface area (Å²) in [5.41, 5.74) is 8.22. The molecule has 0 fully saturated rings. The molecule has 2 aromatic heterocycles. The minimum Gasteiger partial charge on any atom is -0.379 e. The molecule has 0 bridgehead atoms. The Hall–Kier alpha value is -2.74. The highest BCUT2D eigenvalue weighted by Gasteiger charge is 2.32. The summed E-state index contributed by atoms with van der Waals surface area (Å²) in [6.07, 6.45) is 5.91. The Labute approximate surface area is 166 Å². The third kappa shape index (κ3) is 3.52. The molecule has 0 saturated heterocycles. The minimum absolute atomic E-state index is 0.128. The van der Waals surface area contributed by atoms with E-state index >= 15 is 0 Å². The van der Waals surface area contributed by atoms with E-state index in [4.69, 9.17) is 5.73 Å². The Bertz CT molecular complexity index is 1110. The van der Waals surface area contributed by atoms with Crippen molar-refractivity contribution in [2.24, 2.45) is 10.7 Å². The van der Waals surface area contributed by atoms with Crippen molar-refractivity contribution in [3.8, 4) is 0 Å². The number of imidazole rings is 1. The molecule has 6 nitrogen and oxygen atoms in total. The Balaban J connectivity index is 1.62. The maximum absolute atomic E-state index is 14.5. The number of ketones is 1. The number of benzene rings is 1. The van der Waals surface area contributed by atoms with Crippen molar-refractivity contribution in [2.75, 3.05) is 5.75 Å². The number of aromatic nitrogens is 3. The number of aliphatic imine (C=N–C) groups is 1. The minimum atomic E-state index is -0.718. The number of halogens is 1. The molecule has 0 saturated carbocycles. The number of aryl methyl sites for hydroxylation is 1. The van der Waals surface area contributed by atoms with Gasteiger partial charge >= 0.3 is 0 Å². The number of hydrogen-bond acceptors (Lipinski definition) is 6. The lowest BCUT2D eigenvalue weighted by atomic mass is 9.87. The van der Waals surface area contributed by atoms with Crippen LogP contribution in [0.25, 0.3) is 5.65 Å². The molecule has 1 aromatic carbocycles. The van der Waals surface area contributed by atoms with Crippen LogP contribution in [-0.4, -0.2) is 31.1 Å². The van der Waals surface area contributed by atoms with Crippen LogP contribution in [0, 0.1) is 12.7 Å². The van der Waals surface area contributed by atoms with Gasteiger partial charge in [0.25, 0.3) is 0 Å². The third-order valence-electron chi connectivity index (χ3n) is 4.92. The molecule has 2 N–H and O–H groups in total. The first-order valence-corrected chi connectivity index (χ1v) is 9.94. The summed E-state index contributed by atoms with van der Waals surface area (Å²) in [4.78, 5) is 25.7. The lowest BCUT2D eigenvalue weighted by Gasteiger charge is -2.30. The number of thioether (sulfide) groups is 1. The maximum atomic E-state index is 14.5. The zero-order chi connectivity index (χ0) is 19.9. The molecule has 0 radical (unpaired) electrons.